The van der Waals surface area contributed by atoms with Crippen LogP contribution in [-0.4, -0.2) is 20.9 Å². The highest BCUT2D eigenvalue weighted by Gasteiger charge is 2.13. The lowest BCUT2D eigenvalue weighted by Crippen LogP contribution is -2.16. The number of nitrogens with one attached hydrogen (secondary N) is 1. The third-order valence-corrected chi connectivity index (χ3v) is 3.53. The number of aromatic amines is 1. The standard InChI is InChI=1S/C16H13N3O2S/c1-10-4-2-6-12(8-10)19-15(21)13(14(20)18-16(19)22)9-11-5-3-7-17-11/h2-9,21H,1H3,(H,18,20,22). The Morgan fingerprint density at radius 3 is 2.91 bits per heavy atom. The molecule has 2 aromatic rings. The maximum absolute atomic E-state index is 12.1. The van der Waals surface area contributed by atoms with Gasteiger partial charge in [-0.1, -0.05) is 12.1 Å². The first kappa shape index (κ1) is 14.2. The molecule has 5 nitrogen and oxygen atoms in total. The lowest BCUT2D eigenvalue weighted by atomic mass is 10.2. The highest BCUT2D eigenvalue weighted by atomic mass is 32.1. The minimum atomic E-state index is -0.450. The predicted molar refractivity (Wildman–Crippen MR) is 89.2 cm³/mol. The Bertz CT molecular complexity index is 935. The molecule has 0 amide bonds. The van der Waals surface area contributed by atoms with Gasteiger partial charge in [0.1, 0.15) is 5.56 Å². The van der Waals surface area contributed by atoms with E-state index in [0.29, 0.717) is 11.4 Å². The fourth-order valence-corrected chi connectivity index (χ4v) is 2.51. The Labute approximate surface area is 131 Å². The number of benzene rings is 1. The molecule has 1 aliphatic heterocycles. The molecule has 2 N–H and O–H groups in total. The lowest BCUT2D eigenvalue weighted by molar-refractivity contribution is 0.432. The Hall–Kier alpha value is -2.73. The van der Waals surface area contributed by atoms with Gasteiger partial charge in [0.15, 0.2) is 4.77 Å². The second-order valence-corrected chi connectivity index (χ2v) is 5.26. The van der Waals surface area contributed by atoms with Crippen LogP contribution in [0.1, 0.15) is 11.1 Å². The molecule has 0 spiro atoms. The number of aliphatic imine (C=N–C) groups is 1. The van der Waals surface area contributed by atoms with Crippen LogP contribution < -0.4 is 5.56 Å². The van der Waals surface area contributed by atoms with Crippen molar-refractivity contribution in [1.29, 1.82) is 0 Å². The minimum absolute atomic E-state index is 0.119. The van der Waals surface area contributed by atoms with Crippen LogP contribution in [0, 0.1) is 11.7 Å². The first-order valence-electron chi connectivity index (χ1n) is 6.64. The molecule has 2 heterocycles. The molecule has 0 radical (unpaired) electrons. The second kappa shape index (κ2) is 5.57. The van der Waals surface area contributed by atoms with Crippen LogP contribution in [0.25, 0.3) is 11.8 Å². The topological polar surface area (TPSA) is 70.4 Å². The molecule has 0 saturated heterocycles. The summed E-state index contributed by atoms with van der Waals surface area (Å²) in [4.78, 5) is 18.7. The molecular weight excluding hydrogens is 298 g/mol. The van der Waals surface area contributed by atoms with E-state index in [9.17, 15) is 9.90 Å². The zero-order valence-electron chi connectivity index (χ0n) is 11.8. The number of allylic oxidation sites excluding steroid dienone is 2. The van der Waals surface area contributed by atoms with Crippen molar-refractivity contribution in [3.8, 4) is 11.6 Å². The van der Waals surface area contributed by atoms with E-state index in [1.54, 1.807) is 18.4 Å². The van der Waals surface area contributed by atoms with Crippen molar-refractivity contribution in [2.45, 2.75) is 6.92 Å². The summed E-state index contributed by atoms with van der Waals surface area (Å²) in [6, 6.07) is 7.49. The predicted octanol–water partition coefficient (Wildman–Crippen LogP) is 2.89. The van der Waals surface area contributed by atoms with Crippen molar-refractivity contribution in [3.63, 3.8) is 0 Å². The molecule has 0 bridgehead atoms. The Morgan fingerprint density at radius 2 is 2.23 bits per heavy atom. The van der Waals surface area contributed by atoms with Gasteiger partial charge in [-0.05, 0) is 55.1 Å². The molecule has 22 heavy (non-hydrogen) atoms. The third-order valence-electron chi connectivity index (χ3n) is 3.25. The zero-order valence-corrected chi connectivity index (χ0v) is 12.6. The van der Waals surface area contributed by atoms with Crippen molar-refractivity contribution in [2.24, 2.45) is 4.99 Å². The van der Waals surface area contributed by atoms with Crippen molar-refractivity contribution >= 4 is 24.5 Å². The largest absolute Gasteiger partial charge is 0.494 e. The number of rotatable bonds is 2. The number of H-pyrrole nitrogens is 1. The van der Waals surface area contributed by atoms with Gasteiger partial charge in [0.25, 0.3) is 5.56 Å². The average molecular weight is 311 g/mol. The Morgan fingerprint density at radius 1 is 1.41 bits per heavy atom. The quantitative estimate of drug-likeness (QED) is 0.838. The van der Waals surface area contributed by atoms with Gasteiger partial charge in [0.2, 0.25) is 5.88 Å². The molecule has 6 heteroatoms. The van der Waals surface area contributed by atoms with Crippen LogP contribution in [0.4, 0.5) is 0 Å². The summed E-state index contributed by atoms with van der Waals surface area (Å²) >= 11 is 5.18. The summed E-state index contributed by atoms with van der Waals surface area (Å²) in [6.07, 6.45) is 6.65. The molecule has 1 aromatic heterocycles. The van der Waals surface area contributed by atoms with E-state index in [0.717, 1.165) is 5.56 Å². The maximum atomic E-state index is 12.1. The first-order valence-corrected chi connectivity index (χ1v) is 7.05. The summed E-state index contributed by atoms with van der Waals surface area (Å²) in [5.41, 5.74) is 1.97. The van der Waals surface area contributed by atoms with E-state index >= 15 is 0 Å². The van der Waals surface area contributed by atoms with E-state index in [1.807, 2.05) is 31.2 Å². The fraction of sp³-hybridized carbons (Fsp3) is 0.0625. The normalized spacial score (nSPS) is 14.9. The maximum Gasteiger partial charge on any atom is 0.262 e. The fourth-order valence-electron chi connectivity index (χ4n) is 2.22. The third kappa shape index (κ3) is 2.56. The van der Waals surface area contributed by atoms with Crippen LogP contribution in [-0.2, 0) is 0 Å². The van der Waals surface area contributed by atoms with Crippen molar-refractivity contribution < 1.29 is 5.11 Å². The van der Waals surface area contributed by atoms with Crippen LogP contribution >= 0.6 is 12.2 Å². The smallest absolute Gasteiger partial charge is 0.262 e. The second-order valence-electron chi connectivity index (χ2n) is 4.88. The molecular formula is C16H13N3O2S. The van der Waals surface area contributed by atoms with E-state index in [2.05, 4.69) is 9.98 Å². The minimum Gasteiger partial charge on any atom is -0.494 e. The van der Waals surface area contributed by atoms with E-state index in [4.69, 9.17) is 12.2 Å². The molecule has 1 aromatic carbocycles. The molecule has 3 rings (SSSR count). The van der Waals surface area contributed by atoms with Crippen molar-refractivity contribution in [3.05, 3.63) is 68.4 Å². The van der Waals surface area contributed by atoms with Crippen LogP contribution in [0.3, 0.4) is 0 Å². The van der Waals surface area contributed by atoms with Gasteiger partial charge in [-0.2, -0.15) is 0 Å². The molecule has 0 atom stereocenters. The average Bonchev–Trinajstić information content (AvgIpc) is 2.96. The first-order chi connectivity index (χ1) is 10.6. The zero-order chi connectivity index (χ0) is 15.7. The highest BCUT2D eigenvalue weighted by Crippen LogP contribution is 2.22. The number of aryl methyl sites for hydroxylation is 1. The van der Waals surface area contributed by atoms with Gasteiger partial charge in [0, 0.05) is 6.21 Å². The van der Waals surface area contributed by atoms with Gasteiger partial charge in [-0.25, -0.2) is 0 Å². The summed E-state index contributed by atoms with van der Waals surface area (Å²) < 4.78 is 1.57. The van der Waals surface area contributed by atoms with Crippen molar-refractivity contribution in [2.75, 3.05) is 0 Å². The number of nitrogens with zero attached hydrogens (tertiary/aromatic N) is 2. The SMILES string of the molecule is Cc1cccc(-n2c(O)c(C=C3C=CC=N3)c(=O)[nH]c2=S)c1. The van der Waals surface area contributed by atoms with Crippen LogP contribution in [0.5, 0.6) is 5.88 Å². The van der Waals surface area contributed by atoms with Gasteiger partial charge < -0.3 is 5.11 Å². The molecule has 0 aliphatic carbocycles. The molecule has 0 fully saturated rings. The van der Waals surface area contributed by atoms with Crippen LogP contribution in [0.15, 0.2) is 51.9 Å². The lowest BCUT2D eigenvalue weighted by Gasteiger charge is -2.12. The van der Waals surface area contributed by atoms with Gasteiger partial charge in [-0.15, -0.1) is 0 Å². The summed E-state index contributed by atoms with van der Waals surface area (Å²) in [5.74, 6) is -0.206. The van der Waals surface area contributed by atoms with Gasteiger partial charge >= 0.3 is 0 Å². The molecule has 0 saturated carbocycles. The number of aromatic hydroxyl groups is 1. The number of aromatic nitrogens is 2. The van der Waals surface area contributed by atoms with E-state index in [1.165, 1.54) is 10.6 Å². The number of hydrogen-bond acceptors (Lipinski definition) is 4. The summed E-state index contributed by atoms with van der Waals surface area (Å²) in [5, 5.41) is 10.5. The van der Waals surface area contributed by atoms with E-state index < -0.39 is 5.56 Å². The van der Waals surface area contributed by atoms with Crippen molar-refractivity contribution in [1.82, 2.24) is 9.55 Å². The summed E-state index contributed by atoms with van der Waals surface area (Å²) in [6.45, 7) is 1.94. The van der Waals surface area contributed by atoms with E-state index in [-0.39, 0.29) is 16.2 Å². The van der Waals surface area contributed by atoms with Gasteiger partial charge in [-0.3, -0.25) is 19.3 Å². The molecule has 1 aliphatic rings. The molecule has 110 valence electrons. The summed E-state index contributed by atoms with van der Waals surface area (Å²) in [7, 11) is 0. The molecule has 0 unspecified atom stereocenters. The Kier molecular flexibility index (Phi) is 3.60. The number of hydrogen-bond donors (Lipinski definition) is 2. The van der Waals surface area contributed by atoms with Gasteiger partial charge in [0.05, 0.1) is 11.4 Å². The highest BCUT2D eigenvalue weighted by molar-refractivity contribution is 7.71. The monoisotopic (exact) mass is 311 g/mol. The Balaban J connectivity index is 2.26. The van der Waals surface area contributed by atoms with Crippen LogP contribution in [0.2, 0.25) is 0 Å².